The number of benzene rings is 1. The van der Waals surface area contributed by atoms with Crippen LogP contribution in [0.25, 0.3) is 0 Å². The van der Waals surface area contributed by atoms with Gasteiger partial charge in [-0.25, -0.2) is 0 Å². The van der Waals surface area contributed by atoms with E-state index in [4.69, 9.17) is 0 Å². The maximum Gasteiger partial charge on any atom is 0.409 e. The minimum absolute atomic E-state index is 0.0469. The van der Waals surface area contributed by atoms with Crippen LogP contribution in [0.2, 0.25) is 0 Å². The number of rotatable bonds is 4. The highest BCUT2D eigenvalue weighted by Gasteiger charge is 2.52. The Kier molecular flexibility index (Phi) is 4.76. The zero-order chi connectivity index (χ0) is 17.4. The van der Waals surface area contributed by atoms with Crippen molar-refractivity contribution in [1.29, 1.82) is 0 Å². The Labute approximate surface area is 134 Å². The number of alkyl halides is 3. The van der Waals surface area contributed by atoms with E-state index in [-0.39, 0.29) is 17.9 Å². The Morgan fingerprint density at radius 2 is 1.96 bits per heavy atom. The van der Waals surface area contributed by atoms with Crippen molar-refractivity contribution in [3.05, 3.63) is 35.4 Å². The molecule has 1 N–H and O–H groups in total. The number of nitrogens with zero attached hydrogens (tertiary/aromatic N) is 1. The fraction of sp³-hybridized carbons (Fsp3) is 0.588. The van der Waals surface area contributed by atoms with Crippen LogP contribution < -0.4 is 5.43 Å². The van der Waals surface area contributed by atoms with Gasteiger partial charge in [-0.05, 0) is 37.3 Å². The van der Waals surface area contributed by atoms with E-state index in [2.05, 4.69) is 5.43 Å². The number of carbonyl (C=O) groups excluding carboxylic acids is 1. The van der Waals surface area contributed by atoms with Gasteiger partial charge >= 0.3 is 6.18 Å². The van der Waals surface area contributed by atoms with E-state index in [9.17, 15) is 18.0 Å². The molecule has 1 aromatic carbocycles. The summed E-state index contributed by atoms with van der Waals surface area (Å²) in [5.74, 6) is -0.0277. The molecule has 0 bridgehead atoms. The van der Waals surface area contributed by atoms with Crippen molar-refractivity contribution in [3.63, 3.8) is 0 Å². The molecule has 1 aromatic rings. The summed E-state index contributed by atoms with van der Waals surface area (Å²) in [5, 5.41) is 1.05. The van der Waals surface area contributed by atoms with Crippen LogP contribution >= 0.6 is 0 Å². The molecule has 0 aliphatic carbocycles. The minimum atomic E-state index is -4.48. The number of hydrazine groups is 1. The molecular weight excluding hydrogens is 305 g/mol. The first kappa shape index (κ1) is 17.8. The van der Waals surface area contributed by atoms with E-state index in [1.54, 1.807) is 26.0 Å². The minimum Gasteiger partial charge on any atom is -0.287 e. The molecule has 1 saturated heterocycles. The Morgan fingerprint density at radius 3 is 2.43 bits per heavy atom. The second-order valence-electron chi connectivity index (χ2n) is 7.18. The molecule has 1 aliphatic rings. The van der Waals surface area contributed by atoms with Crippen LogP contribution in [0.3, 0.4) is 0 Å². The van der Waals surface area contributed by atoms with Gasteiger partial charge in [0.1, 0.15) is 0 Å². The summed E-state index contributed by atoms with van der Waals surface area (Å²) in [6, 6.07) is 4.71. The molecule has 23 heavy (non-hydrogen) atoms. The van der Waals surface area contributed by atoms with Crippen LogP contribution in [-0.2, 0) is 11.2 Å². The molecule has 1 aliphatic heterocycles. The van der Waals surface area contributed by atoms with E-state index >= 15 is 0 Å². The summed E-state index contributed by atoms with van der Waals surface area (Å²) in [6.07, 6.45) is -3.72. The van der Waals surface area contributed by atoms with E-state index < -0.39 is 17.8 Å². The SMILES string of the molecule is CC(C)Cc1cccc(C(N2NC(=O)CC2(C)C)C(F)(F)F)c1. The Morgan fingerprint density at radius 1 is 1.30 bits per heavy atom. The second kappa shape index (κ2) is 6.15. The number of carbonyl (C=O) groups is 1. The molecule has 1 atom stereocenters. The van der Waals surface area contributed by atoms with E-state index in [0.717, 1.165) is 10.6 Å². The lowest BCUT2D eigenvalue weighted by Crippen LogP contribution is -2.51. The molecule has 0 spiro atoms. The average Bonchev–Trinajstić information content (AvgIpc) is 2.60. The molecule has 6 heteroatoms. The summed E-state index contributed by atoms with van der Waals surface area (Å²) < 4.78 is 41.2. The fourth-order valence-electron chi connectivity index (χ4n) is 3.06. The molecule has 0 aromatic heterocycles. The first-order valence-electron chi connectivity index (χ1n) is 7.75. The summed E-state index contributed by atoms with van der Waals surface area (Å²) >= 11 is 0. The van der Waals surface area contributed by atoms with Crippen LogP contribution in [0.4, 0.5) is 13.2 Å². The zero-order valence-corrected chi connectivity index (χ0v) is 13.9. The number of hydrogen-bond acceptors (Lipinski definition) is 2. The smallest absolute Gasteiger partial charge is 0.287 e. The standard InChI is InChI=1S/C17H23F3N2O/c1-11(2)8-12-6-5-7-13(9-12)15(17(18,19)20)22-16(3,4)10-14(23)21-22/h5-7,9,11,15H,8,10H2,1-4H3,(H,21,23). The topological polar surface area (TPSA) is 32.3 Å². The molecule has 0 saturated carbocycles. The molecular formula is C17H23F3N2O. The quantitative estimate of drug-likeness (QED) is 0.906. The van der Waals surface area contributed by atoms with Gasteiger partial charge < -0.3 is 0 Å². The van der Waals surface area contributed by atoms with E-state index in [1.807, 2.05) is 19.9 Å². The van der Waals surface area contributed by atoms with Crippen molar-refractivity contribution >= 4 is 5.91 Å². The van der Waals surface area contributed by atoms with Gasteiger partial charge in [0, 0.05) is 12.0 Å². The molecule has 1 amide bonds. The summed E-state index contributed by atoms with van der Waals surface area (Å²) in [6.45, 7) is 7.33. The molecule has 0 radical (unpaired) electrons. The summed E-state index contributed by atoms with van der Waals surface area (Å²) in [7, 11) is 0. The van der Waals surface area contributed by atoms with Gasteiger partial charge in [-0.3, -0.25) is 10.2 Å². The van der Waals surface area contributed by atoms with Crippen LogP contribution in [0.1, 0.15) is 51.3 Å². The van der Waals surface area contributed by atoms with Crippen LogP contribution in [-0.4, -0.2) is 22.6 Å². The van der Waals surface area contributed by atoms with Crippen molar-refractivity contribution < 1.29 is 18.0 Å². The van der Waals surface area contributed by atoms with Crippen molar-refractivity contribution in [3.8, 4) is 0 Å². The monoisotopic (exact) mass is 328 g/mol. The van der Waals surface area contributed by atoms with E-state index in [0.29, 0.717) is 12.3 Å². The summed E-state index contributed by atoms with van der Waals surface area (Å²) in [4.78, 5) is 11.6. The maximum absolute atomic E-state index is 13.7. The molecule has 3 nitrogen and oxygen atoms in total. The lowest BCUT2D eigenvalue weighted by Gasteiger charge is -2.38. The van der Waals surface area contributed by atoms with Crippen molar-refractivity contribution in [2.24, 2.45) is 5.92 Å². The molecule has 128 valence electrons. The van der Waals surface area contributed by atoms with Gasteiger partial charge in [-0.1, -0.05) is 38.1 Å². The highest BCUT2D eigenvalue weighted by atomic mass is 19.4. The number of amides is 1. The highest BCUT2D eigenvalue weighted by Crippen LogP contribution is 2.42. The normalized spacial score (nSPS) is 19.9. The van der Waals surface area contributed by atoms with Gasteiger partial charge in [0.05, 0.1) is 0 Å². The van der Waals surface area contributed by atoms with Gasteiger partial charge in [0.25, 0.3) is 0 Å². The Balaban J connectivity index is 2.43. The van der Waals surface area contributed by atoms with Crippen LogP contribution in [0, 0.1) is 5.92 Å². The lowest BCUT2D eigenvalue weighted by molar-refractivity contribution is -0.203. The predicted octanol–water partition coefficient (Wildman–Crippen LogP) is 4.00. The van der Waals surface area contributed by atoms with Gasteiger partial charge in [0.15, 0.2) is 6.04 Å². The van der Waals surface area contributed by atoms with Gasteiger partial charge in [0.2, 0.25) is 5.91 Å². The second-order valence-corrected chi connectivity index (χ2v) is 7.18. The number of hydrogen-bond donors (Lipinski definition) is 1. The van der Waals surface area contributed by atoms with Crippen LogP contribution in [0.15, 0.2) is 24.3 Å². The molecule has 1 unspecified atom stereocenters. The van der Waals surface area contributed by atoms with Gasteiger partial charge in [-0.15, -0.1) is 0 Å². The Bertz CT molecular complexity index is 581. The third-order valence-electron chi connectivity index (χ3n) is 3.97. The molecule has 1 fully saturated rings. The predicted molar refractivity (Wildman–Crippen MR) is 82.5 cm³/mol. The van der Waals surface area contributed by atoms with Gasteiger partial charge in [-0.2, -0.15) is 18.2 Å². The first-order chi connectivity index (χ1) is 10.5. The highest BCUT2D eigenvalue weighted by molar-refractivity contribution is 5.79. The first-order valence-corrected chi connectivity index (χ1v) is 7.75. The molecule has 1 heterocycles. The lowest BCUT2D eigenvalue weighted by atomic mass is 9.94. The van der Waals surface area contributed by atoms with Crippen molar-refractivity contribution in [1.82, 2.24) is 10.4 Å². The summed E-state index contributed by atoms with van der Waals surface area (Å²) in [5.41, 5.74) is 2.52. The van der Waals surface area contributed by atoms with E-state index in [1.165, 1.54) is 6.07 Å². The van der Waals surface area contributed by atoms with Crippen LogP contribution in [0.5, 0.6) is 0 Å². The zero-order valence-electron chi connectivity index (χ0n) is 13.9. The average molecular weight is 328 g/mol. The van der Waals surface area contributed by atoms with Crippen molar-refractivity contribution in [2.45, 2.75) is 58.3 Å². The molecule has 2 rings (SSSR count). The third-order valence-corrected chi connectivity index (χ3v) is 3.97. The third kappa shape index (κ3) is 4.05. The maximum atomic E-state index is 13.7. The Hall–Kier alpha value is -1.56. The fourth-order valence-corrected chi connectivity index (χ4v) is 3.06. The van der Waals surface area contributed by atoms with Crippen molar-refractivity contribution in [2.75, 3.05) is 0 Å². The number of nitrogens with one attached hydrogen (secondary N) is 1. The largest absolute Gasteiger partial charge is 0.409 e. The number of halogens is 3.